The van der Waals surface area contributed by atoms with Gasteiger partial charge in [0.05, 0.1) is 18.2 Å². The molecule has 0 spiro atoms. The van der Waals surface area contributed by atoms with Crippen molar-refractivity contribution in [2.75, 3.05) is 13.1 Å². The van der Waals surface area contributed by atoms with Crippen LogP contribution in [0, 0.1) is 18.8 Å². The molecule has 232 valence electrons. The molecule has 4 aromatic rings. The van der Waals surface area contributed by atoms with Gasteiger partial charge in [-0.3, -0.25) is 23.6 Å². The summed E-state index contributed by atoms with van der Waals surface area (Å²) >= 11 is 1.26. The van der Waals surface area contributed by atoms with Gasteiger partial charge in [-0.2, -0.15) is 0 Å². The summed E-state index contributed by atoms with van der Waals surface area (Å²) in [5, 5.41) is 18.9. The van der Waals surface area contributed by atoms with Crippen molar-refractivity contribution in [3.8, 4) is 0 Å². The predicted octanol–water partition coefficient (Wildman–Crippen LogP) is 2.70. The molecule has 15 heteroatoms. The van der Waals surface area contributed by atoms with Crippen LogP contribution in [-0.2, 0) is 4.79 Å². The minimum atomic E-state index is -0.627. The Bertz CT molecular complexity index is 1710. The van der Waals surface area contributed by atoms with Crippen LogP contribution >= 0.6 is 11.3 Å². The Morgan fingerprint density at radius 1 is 1.05 bits per heavy atom. The van der Waals surface area contributed by atoms with Crippen LogP contribution < -0.4 is 16.0 Å². The first kappa shape index (κ1) is 30.8. The second-order valence-electron chi connectivity index (χ2n) is 11.6. The van der Waals surface area contributed by atoms with E-state index in [4.69, 9.17) is 4.42 Å². The van der Waals surface area contributed by atoms with E-state index in [1.165, 1.54) is 22.6 Å². The molecule has 4 amide bonds. The van der Waals surface area contributed by atoms with Crippen molar-refractivity contribution >= 4 is 40.6 Å². The van der Waals surface area contributed by atoms with Gasteiger partial charge in [0.2, 0.25) is 11.8 Å². The number of aryl methyl sites for hydroxylation is 1. The van der Waals surface area contributed by atoms with Gasteiger partial charge < -0.3 is 25.3 Å². The highest BCUT2D eigenvalue weighted by Crippen LogP contribution is 2.27. The zero-order chi connectivity index (χ0) is 31.7. The van der Waals surface area contributed by atoms with Crippen molar-refractivity contribution in [2.24, 2.45) is 11.8 Å². The molecular formula is C29H35N9O5S. The van der Waals surface area contributed by atoms with Gasteiger partial charge in [-0.15, -0.1) is 21.5 Å². The summed E-state index contributed by atoms with van der Waals surface area (Å²) in [6.45, 7) is 10.7. The van der Waals surface area contributed by atoms with Gasteiger partial charge in [0.25, 0.3) is 17.7 Å². The van der Waals surface area contributed by atoms with Gasteiger partial charge in [-0.1, -0.05) is 27.7 Å². The number of hydrogen-bond donors (Lipinski definition) is 3. The second kappa shape index (κ2) is 12.5. The van der Waals surface area contributed by atoms with E-state index in [1.54, 1.807) is 42.0 Å². The van der Waals surface area contributed by atoms with Crippen molar-refractivity contribution in [1.82, 2.24) is 45.4 Å². The Morgan fingerprint density at radius 2 is 1.80 bits per heavy atom. The van der Waals surface area contributed by atoms with Gasteiger partial charge in [0.1, 0.15) is 28.8 Å². The van der Waals surface area contributed by atoms with Crippen molar-refractivity contribution in [3.05, 3.63) is 63.6 Å². The van der Waals surface area contributed by atoms with Crippen LogP contribution in [0.2, 0.25) is 0 Å². The number of oxazole rings is 1. The van der Waals surface area contributed by atoms with E-state index in [0.29, 0.717) is 10.7 Å². The Labute approximate surface area is 257 Å². The molecule has 0 radical (unpaired) electrons. The molecule has 14 nitrogen and oxygen atoms in total. The molecule has 3 atom stereocenters. The highest BCUT2D eigenvalue weighted by Gasteiger charge is 2.31. The van der Waals surface area contributed by atoms with Crippen molar-refractivity contribution in [1.29, 1.82) is 0 Å². The number of nitrogens with one attached hydrogen (secondary N) is 3. The SMILES string of the molecule is Cc1oc2nc1C(=O)N[C@H](C)CN(C(=O)c1cccn3cnnc13)CC(=O)N[C@@H](C(C)C)c1nc(cs1)C(=O)N[C@@H]2C(C)C. The maximum absolute atomic E-state index is 13.9. The first-order valence-corrected chi connectivity index (χ1v) is 15.2. The summed E-state index contributed by atoms with van der Waals surface area (Å²) in [4.78, 5) is 64.3. The number of aromatic nitrogens is 5. The van der Waals surface area contributed by atoms with Crippen LogP contribution in [0.4, 0.5) is 0 Å². The maximum Gasteiger partial charge on any atom is 0.273 e. The van der Waals surface area contributed by atoms with Crippen LogP contribution in [0.3, 0.4) is 0 Å². The monoisotopic (exact) mass is 621 g/mol. The highest BCUT2D eigenvalue weighted by atomic mass is 32.1. The molecule has 0 fully saturated rings. The summed E-state index contributed by atoms with van der Waals surface area (Å²) in [7, 11) is 0. The van der Waals surface area contributed by atoms with Crippen LogP contribution in [0.1, 0.15) is 94.7 Å². The van der Waals surface area contributed by atoms with Gasteiger partial charge in [0, 0.05) is 24.2 Å². The predicted molar refractivity (Wildman–Crippen MR) is 160 cm³/mol. The number of thiazole rings is 1. The van der Waals surface area contributed by atoms with E-state index in [-0.39, 0.29) is 53.5 Å². The Hall–Kier alpha value is -4.66. The lowest BCUT2D eigenvalue weighted by molar-refractivity contribution is -0.122. The van der Waals surface area contributed by atoms with Gasteiger partial charge in [0.15, 0.2) is 11.3 Å². The number of fused-ring (bicyclic) bond motifs is 5. The minimum Gasteiger partial charge on any atom is -0.443 e. The smallest absolute Gasteiger partial charge is 0.273 e. The van der Waals surface area contributed by atoms with Crippen molar-refractivity contribution in [2.45, 2.75) is 59.7 Å². The molecular weight excluding hydrogens is 586 g/mol. The molecule has 1 aliphatic heterocycles. The molecule has 4 aromatic heterocycles. The number of rotatable bonds is 3. The molecule has 5 heterocycles. The third-order valence-electron chi connectivity index (χ3n) is 7.30. The Balaban J connectivity index is 1.54. The summed E-state index contributed by atoms with van der Waals surface area (Å²) in [5.41, 5.74) is 0.844. The van der Waals surface area contributed by atoms with Crippen molar-refractivity contribution in [3.63, 3.8) is 0 Å². The lowest BCUT2D eigenvalue weighted by Gasteiger charge is -2.28. The lowest BCUT2D eigenvalue weighted by Crippen LogP contribution is -2.48. The van der Waals surface area contributed by atoms with Crippen LogP contribution in [-0.4, -0.2) is 72.2 Å². The van der Waals surface area contributed by atoms with E-state index in [1.807, 2.05) is 27.7 Å². The third kappa shape index (κ3) is 6.32. The zero-order valence-electron chi connectivity index (χ0n) is 25.3. The number of nitrogens with zero attached hydrogens (tertiary/aromatic N) is 6. The van der Waals surface area contributed by atoms with E-state index in [9.17, 15) is 19.2 Å². The summed E-state index contributed by atoms with van der Waals surface area (Å²) in [6.07, 6.45) is 3.20. The Kier molecular flexibility index (Phi) is 8.76. The summed E-state index contributed by atoms with van der Waals surface area (Å²) in [5.74, 6) is -1.54. The normalized spacial score (nSPS) is 20.3. The van der Waals surface area contributed by atoms with E-state index >= 15 is 0 Å². The number of amides is 4. The van der Waals surface area contributed by atoms with E-state index in [0.717, 1.165) is 0 Å². The molecule has 44 heavy (non-hydrogen) atoms. The zero-order valence-corrected chi connectivity index (χ0v) is 26.1. The minimum absolute atomic E-state index is 0.00929. The quantitative estimate of drug-likeness (QED) is 0.310. The van der Waals surface area contributed by atoms with Gasteiger partial charge in [-0.05, 0) is 37.8 Å². The largest absolute Gasteiger partial charge is 0.443 e. The number of carbonyl (C=O) groups is 4. The maximum atomic E-state index is 13.9. The Morgan fingerprint density at radius 3 is 2.52 bits per heavy atom. The van der Waals surface area contributed by atoms with Gasteiger partial charge in [-0.25, -0.2) is 9.97 Å². The average molecular weight is 622 g/mol. The molecule has 3 N–H and O–H groups in total. The molecule has 0 unspecified atom stereocenters. The molecule has 1 aliphatic rings. The fourth-order valence-corrected chi connectivity index (χ4v) is 6.03. The first-order valence-electron chi connectivity index (χ1n) is 14.3. The van der Waals surface area contributed by atoms with Crippen LogP contribution in [0.15, 0.2) is 34.5 Å². The van der Waals surface area contributed by atoms with Crippen LogP contribution in [0.5, 0.6) is 0 Å². The topological polar surface area (TPSA) is 177 Å². The van der Waals surface area contributed by atoms with Crippen LogP contribution in [0.25, 0.3) is 5.65 Å². The number of hydrogen-bond acceptors (Lipinski definition) is 10. The van der Waals surface area contributed by atoms with Gasteiger partial charge >= 0.3 is 0 Å². The lowest BCUT2D eigenvalue weighted by atomic mass is 10.0. The first-order chi connectivity index (χ1) is 20.9. The second-order valence-corrected chi connectivity index (χ2v) is 12.4. The molecule has 0 saturated heterocycles. The molecule has 0 aromatic carbocycles. The number of pyridine rings is 1. The van der Waals surface area contributed by atoms with E-state index < -0.39 is 41.8 Å². The fourth-order valence-electron chi connectivity index (χ4n) is 5.01. The van der Waals surface area contributed by atoms with E-state index in [2.05, 4.69) is 36.1 Å². The third-order valence-corrected chi connectivity index (χ3v) is 8.23. The fraction of sp³-hybridized carbons (Fsp3) is 0.448. The highest BCUT2D eigenvalue weighted by molar-refractivity contribution is 7.09. The standard InChI is InChI=1S/C29H35N9O5S/c1-14(2)21-27-35-23(17(6)43-27)26(41)31-16(5)10-38(29(42)18-8-7-9-37-13-30-36-24(18)37)11-20(39)33-22(15(3)4)28-32-19(12-44-28)25(40)34-21/h7-9,12-16,21-22H,10-11H2,1-6H3,(H,31,41)(H,33,39)(H,34,40)/t16-,21-,22+/m1/s1. The summed E-state index contributed by atoms with van der Waals surface area (Å²) < 4.78 is 7.48. The van der Waals surface area contributed by atoms with Crippen molar-refractivity contribution < 1.29 is 23.6 Å². The molecule has 0 aliphatic carbocycles. The average Bonchev–Trinajstić information content (AvgIpc) is 3.72. The molecule has 4 bridgehead atoms. The summed E-state index contributed by atoms with van der Waals surface area (Å²) in [6, 6.07) is 1.58. The molecule has 0 saturated carbocycles. The number of carbonyl (C=O) groups excluding carboxylic acids is 4. The molecule has 5 rings (SSSR count).